The maximum absolute atomic E-state index is 13.0. The van der Waals surface area contributed by atoms with Gasteiger partial charge in [0.25, 0.3) is 0 Å². The van der Waals surface area contributed by atoms with Crippen molar-refractivity contribution in [2.75, 3.05) is 0 Å². The van der Waals surface area contributed by atoms with Crippen molar-refractivity contribution in [3.05, 3.63) is 0 Å². The molecular formula is C8H12F5N. The first-order valence-electron chi connectivity index (χ1n) is 4.19. The first-order valence-corrected chi connectivity index (χ1v) is 4.19. The molecule has 0 amide bonds. The molecule has 0 spiro atoms. The van der Waals surface area contributed by atoms with Crippen molar-refractivity contribution in [3.8, 4) is 0 Å². The van der Waals surface area contributed by atoms with Crippen LogP contribution >= 0.6 is 0 Å². The Morgan fingerprint density at radius 3 is 1.57 bits per heavy atom. The molecule has 0 unspecified atom stereocenters. The number of rotatable bonds is 2. The third kappa shape index (κ3) is 1.31. The van der Waals surface area contributed by atoms with E-state index in [1.807, 2.05) is 0 Å². The summed E-state index contributed by atoms with van der Waals surface area (Å²) in [6.45, 7) is 1.74. The van der Waals surface area contributed by atoms with E-state index in [9.17, 15) is 22.0 Å². The molecule has 2 N–H and O–H groups in total. The summed E-state index contributed by atoms with van der Waals surface area (Å²) in [7, 11) is 0. The predicted molar refractivity (Wildman–Crippen MR) is 40.9 cm³/mol. The molecule has 0 radical (unpaired) electrons. The third-order valence-corrected chi connectivity index (χ3v) is 3.17. The molecule has 1 saturated carbocycles. The van der Waals surface area contributed by atoms with Crippen LogP contribution in [0.5, 0.6) is 0 Å². The van der Waals surface area contributed by atoms with Gasteiger partial charge in [0.1, 0.15) is 0 Å². The zero-order valence-corrected chi connectivity index (χ0v) is 7.88. The van der Waals surface area contributed by atoms with Crippen LogP contribution in [0.15, 0.2) is 0 Å². The van der Waals surface area contributed by atoms with E-state index >= 15 is 0 Å². The smallest absolute Gasteiger partial charge is 0.324 e. The van der Waals surface area contributed by atoms with Gasteiger partial charge in [-0.2, -0.15) is 22.0 Å². The van der Waals surface area contributed by atoms with E-state index < -0.39 is 23.1 Å². The Morgan fingerprint density at radius 1 is 1.00 bits per heavy atom. The lowest BCUT2D eigenvalue weighted by Gasteiger charge is -2.39. The van der Waals surface area contributed by atoms with Gasteiger partial charge in [-0.25, -0.2) is 0 Å². The van der Waals surface area contributed by atoms with Gasteiger partial charge >= 0.3 is 12.1 Å². The molecule has 0 aromatic rings. The van der Waals surface area contributed by atoms with Gasteiger partial charge in [0.15, 0.2) is 0 Å². The summed E-state index contributed by atoms with van der Waals surface area (Å²) in [5.74, 6) is -4.74. The van der Waals surface area contributed by atoms with Crippen LogP contribution < -0.4 is 5.73 Å². The van der Waals surface area contributed by atoms with Gasteiger partial charge in [-0.3, -0.25) is 0 Å². The number of alkyl halides is 5. The summed E-state index contributed by atoms with van der Waals surface area (Å²) in [4.78, 5) is 0. The molecule has 1 fully saturated rings. The Labute approximate surface area is 78.5 Å². The second-order valence-corrected chi connectivity index (χ2v) is 4.35. The first kappa shape index (κ1) is 11.7. The molecule has 84 valence electrons. The highest BCUT2D eigenvalue weighted by Crippen LogP contribution is 2.59. The fraction of sp³-hybridized carbons (Fsp3) is 1.00. The third-order valence-electron chi connectivity index (χ3n) is 3.17. The molecule has 0 saturated heterocycles. The van der Waals surface area contributed by atoms with Crippen molar-refractivity contribution in [1.82, 2.24) is 0 Å². The maximum Gasteiger partial charge on any atom is 0.453 e. The van der Waals surface area contributed by atoms with Gasteiger partial charge in [-0.15, -0.1) is 0 Å². The monoisotopic (exact) mass is 217 g/mol. The number of nitrogens with two attached hydrogens (primary N) is 1. The van der Waals surface area contributed by atoms with Crippen LogP contribution in [0, 0.1) is 5.41 Å². The fourth-order valence-electron chi connectivity index (χ4n) is 1.43. The lowest BCUT2D eigenvalue weighted by molar-refractivity contribution is -0.326. The van der Waals surface area contributed by atoms with Crippen molar-refractivity contribution in [3.63, 3.8) is 0 Å². The van der Waals surface area contributed by atoms with Crippen molar-refractivity contribution in [2.24, 2.45) is 11.1 Å². The molecule has 1 aliphatic carbocycles. The molecule has 0 heterocycles. The van der Waals surface area contributed by atoms with Gasteiger partial charge in [0.2, 0.25) is 0 Å². The summed E-state index contributed by atoms with van der Waals surface area (Å²) in [5.41, 5.74) is 1.79. The van der Waals surface area contributed by atoms with Gasteiger partial charge in [0.05, 0.1) is 5.41 Å². The molecule has 0 aromatic heterocycles. The number of hydrogen-bond acceptors (Lipinski definition) is 1. The zero-order valence-electron chi connectivity index (χ0n) is 7.88. The topological polar surface area (TPSA) is 26.0 Å². The summed E-state index contributed by atoms with van der Waals surface area (Å²) < 4.78 is 62.3. The van der Waals surface area contributed by atoms with Crippen LogP contribution in [-0.4, -0.2) is 17.6 Å². The molecule has 1 aliphatic rings. The van der Waals surface area contributed by atoms with Crippen LogP contribution in [0.2, 0.25) is 0 Å². The lowest BCUT2D eigenvalue weighted by Crippen LogP contribution is -2.58. The molecule has 1 rings (SSSR count). The largest absolute Gasteiger partial charge is 0.453 e. The van der Waals surface area contributed by atoms with Gasteiger partial charge in [-0.05, 0) is 12.8 Å². The molecule has 6 heteroatoms. The van der Waals surface area contributed by atoms with Gasteiger partial charge in [-0.1, -0.05) is 13.8 Å². The average Bonchev–Trinajstić information content (AvgIpc) is 2.66. The normalized spacial score (nSPS) is 22.3. The van der Waals surface area contributed by atoms with E-state index in [-0.39, 0.29) is 12.8 Å². The minimum atomic E-state index is -5.54. The summed E-state index contributed by atoms with van der Waals surface area (Å²) in [5, 5.41) is 0. The Bertz CT molecular complexity index is 223. The van der Waals surface area contributed by atoms with E-state index in [0.29, 0.717) is 0 Å². The molecular weight excluding hydrogens is 205 g/mol. The van der Waals surface area contributed by atoms with Crippen LogP contribution in [0.3, 0.4) is 0 Å². The SMILES string of the molecule is CC(C)(C1(N)CC1)C(F)(F)C(F)(F)F. The Balaban J connectivity index is 3.03. The van der Waals surface area contributed by atoms with E-state index in [4.69, 9.17) is 5.73 Å². The zero-order chi connectivity index (χ0) is 11.4. The van der Waals surface area contributed by atoms with Crippen LogP contribution in [-0.2, 0) is 0 Å². The van der Waals surface area contributed by atoms with Crippen LogP contribution in [0.25, 0.3) is 0 Å². The molecule has 1 nitrogen and oxygen atoms in total. The second-order valence-electron chi connectivity index (χ2n) is 4.35. The standard InChI is InChI=1S/C8H12F5N/c1-5(2,6(14)3-4-6)7(9,10)8(11,12)13/h3-4,14H2,1-2H3. The summed E-state index contributed by atoms with van der Waals surface area (Å²) in [6.07, 6.45) is -5.11. The Hall–Kier alpha value is -0.390. The second kappa shape index (κ2) is 2.59. The molecule has 14 heavy (non-hydrogen) atoms. The minimum absolute atomic E-state index is 0.214. The van der Waals surface area contributed by atoms with Crippen molar-refractivity contribution < 1.29 is 22.0 Å². The van der Waals surface area contributed by atoms with Crippen molar-refractivity contribution >= 4 is 0 Å². The van der Waals surface area contributed by atoms with Crippen molar-refractivity contribution in [2.45, 2.75) is 44.3 Å². The first-order chi connectivity index (χ1) is 5.96. The van der Waals surface area contributed by atoms with E-state index in [2.05, 4.69) is 0 Å². The highest BCUT2D eigenvalue weighted by atomic mass is 19.4. The van der Waals surface area contributed by atoms with E-state index in [1.165, 1.54) is 0 Å². The summed E-state index contributed by atoms with van der Waals surface area (Å²) >= 11 is 0. The molecule has 0 aromatic carbocycles. The molecule has 0 aliphatic heterocycles. The van der Waals surface area contributed by atoms with E-state index in [1.54, 1.807) is 0 Å². The van der Waals surface area contributed by atoms with Gasteiger partial charge in [0, 0.05) is 5.54 Å². The predicted octanol–water partition coefficient (Wildman–Crippen LogP) is 2.70. The van der Waals surface area contributed by atoms with Crippen molar-refractivity contribution in [1.29, 1.82) is 0 Å². The highest BCUT2D eigenvalue weighted by molar-refractivity contribution is 5.15. The highest BCUT2D eigenvalue weighted by Gasteiger charge is 2.73. The van der Waals surface area contributed by atoms with Gasteiger partial charge < -0.3 is 5.73 Å². The lowest BCUT2D eigenvalue weighted by atomic mass is 9.76. The molecule has 0 bridgehead atoms. The average molecular weight is 217 g/mol. The molecule has 0 atom stereocenters. The minimum Gasteiger partial charge on any atom is -0.324 e. The summed E-state index contributed by atoms with van der Waals surface area (Å²) in [6, 6.07) is 0. The maximum atomic E-state index is 13.0. The number of halogens is 5. The fourth-order valence-corrected chi connectivity index (χ4v) is 1.43. The van der Waals surface area contributed by atoms with Crippen LogP contribution in [0.4, 0.5) is 22.0 Å². The van der Waals surface area contributed by atoms with E-state index in [0.717, 1.165) is 13.8 Å². The Morgan fingerprint density at radius 2 is 1.36 bits per heavy atom. The number of hydrogen-bond donors (Lipinski definition) is 1. The quantitative estimate of drug-likeness (QED) is 0.707. The Kier molecular flexibility index (Phi) is 2.16. The van der Waals surface area contributed by atoms with Crippen LogP contribution in [0.1, 0.15) is 26.7 Å².